The zero-order chi connectivity index (χ0) is 17.5. The molecule has 25 heavy (non-hydrogen) atoms. The summed E-state index contributed by atoms with van der Waals surface area (Å²) in [5, 5.41) is 5.14. The number of aromatic amines is 1. The monoisotopic (exact) mass is 335 g/mol. The molecule has 3 rings (SSSR count). The minimum Gasteiger partial charge on any atom is -0.355 e. The first kappa shape index (κ1) is 18.0. The van der Waals surface area contributed by atoms with Gasteiger partial charge in [-0.15, -0.1) is 0 Å². The van der Waals surface area contributed by atoms with Gasteiger partial charge in [0.25, 0.3) is 0 Å². The van der Waals surface area contributed by atoms with E-state index in [0.717, 1.165) is 5.35 Å². The Hall–Kier alpha value is -1.76. The predicted octanol–water partition coefficient (Wildman–Crippen LogP) is 6.91. The number of hydrogen-bond acceptors (Lipinski definition) is 0. The molecule has 1 heterocycles. The van der Waals surface area contributed by atoms with Crippen LogP contribution in [0.25, 0.3) is 28.3 Å². The van der Waals surface area contributed by atoms with Gasteiger partial charge in [-0.2, -0.15) is 0 Å². The van der Waals surface area contributed by atoms with Crippen LogP contribution in [0.15, 0.2) is 30.3 Å². The molecular weight excluding hydrogens is 302 g/mol. The normalized spacial score (nSPS) is 11.7. The molecule has 1 aromatic heterocycles. The second-order valence-electron chi connectivity index (χ2n) is 7.54. The number of H-pyrrole nitrogens is 1. The van der Waals surface area contributed by atoms with Crippen LogP contribution in [0.2, 0.25) is 0 Å². The summed E-state index contributed by atoms with van der Waals surface area (Å²) in [4.78, 5) is 3.46. The lowest BCUT2D eigenvalue weighted by Gasteiger charge is -2.06. The molecule has 134 valence electrons. The van der Waals surface area contributed by atoms with Gasteiger partial charge in [-0.3, -0.25) is 0 Å². The van der Waals surface area contributed by atoms with Crippen LogP contribution in [0, 0.1) is 0 Å². The number of unbranched alkanes of at least 4 members (excludes halogenated alkanes) is 9. The summed E-state index contributed by atoms with van der Waals surface area (Å²) < 4.78 is 0. The first-order chi connectivity index (χ1) is 12.3. The zero-order valence-electron chi connectivity index (χ0n) is 15.9. The van der Waals surface area contributed by atoms with Gasteiger partial charge in [0.15, 0.2) is 0 Å². The average Bonchev–Trinajstić information content (AvgIpc) is 2.96. The average molecular weight is 336 g/mol. The van der Waals surface area contributed by atoms with Gasteiger partial charge in [0.05, 0.1) is 0 Å². The number of aromatic nitrogens is 1. The molecule has 3 aromatic rings. The van der Waals surface area contributed by atoms with E-state index in [0.29, 0.717) is 0 Å². The van der Waals surface area contributed by atoms with Gasteiger partial charge in [0.2, 0.25) is 0 Å². The highest BCUT2D eigenvalue weighted by atomic mass is 14.7. The fourth-order valence-electron chi connectivity index (χ4n) is 4.11. The molecule has 0 bridgehead atoms. The minimum absolute atomic E-state index is 1.08. The van der Waals surface area contributed by atoms with E-state index in [-0.39, 0.29) is 0 Å². The van der Waals surface area contributed by atoms with Gasteiger partial charge in [-0.05, 0) is 29.9 Å². The first-order valence-corrected chi connectivity index (χ1v) is 10.3. The van der Waals surface area contributed by atoms with E-state index >= 15 is 0 Å². The summed E-state index contributed by atoms with van der Waals surface area (Å²) in [6.45, 7) is 6.53. The van der Waals surface area contributed by atoms with Gasteiger partial charge in [0, 0.05) is 21.6 Å². The van der Waals surface area contributed by atoms with Crippen molar-refractivity contribution in [3.8, 4) is 0 Å². The molecule has 0 radical (unpaired) electrons. The number of rotatable bonds is 11. The highest BCUT2D eigenvalue weighted by Crippen LogP contribution is 2.27. The lowest BCUT2D eigenvalue weighted by atomic mass is 9.98. The van der Waals surface area contributed by atoms with Crippen molar-refractivity contribution in [3.05, 3.63) is 41.2 Å². The standard InChI is InChI=1S/C24H33N/c1-3-4-5-6-7-8-9-10-11-12-14-20-17-18-21-15-13-16-22-24(21)23(20)19(2)25-22/h13,15-18,25H,2-12,14H2,1H3. The van der Waals surface area contributed by atoms with E-state index in [4.69, 9.17) is 0 Å². The molecule has 0 saturated heterocycles. The Balaban J connectivity index is 1.46. The number of benzene rings is 2. The lowest BCUT2D eigenvalue weighted by molar-refractivity contribution is 0.556. The van der Waals surface area contributed by atoms with E-state index in [1.165, 1.54) is 97.9 Å². The Bertz CT molecular complexity index is 827. The molecule has 0 fully saturated rings. The molecule has 0 saturated carbocycles. The van der Waals surface area contributed by atoms with Crippen LogP contribution in [0.3, 0.4) is 0 Å². The number of hydrogen-bond donors (Lipinski definition) is 1. The summed E-state index contributed by atoms with van der Waals surface area (Å²) in [7, 11) is 0. The van der Waals surface area contributed by atoms with Crippen molar-refractivity contribution >= 4 is 28.3 Å². The van der Waals surface area contributed by atoms with Crippen LogP contribution in [0.4, 0.5) is 0 Å². The van der Waals surface area contributed by atoms with Crippen LogP contribution >= 0.6 is 0 Å². The van der Waals surface area contributed by atoms with Gasteiger partial charge in [-0.25, -0.2) is 0 Å². The molecule has 0 spiro atoms. The molecule has 0 unspecified atom stereocenters. The lowest BCUT2D eigenvalue weighted by Crippen LogP contribution is -2.00. The van der Waals surface area contributed by atoms with Crippen LogP contribution < -0.4 is 5.35 Å². The van der Waals surface area contributed by atoms with Crippen molar-refractivity contribution in [3.63, 3.8) is 0 Å². The molecular formula is C24H33N. The molecule has 2 aromatic carbocycles. The van der Waals surface area contributed by atoms with Gasteiger partial charge in [0.1, 0.15) is 0 Å². The molecule has 1 heteroatoms. The molecule has 1 nitrogen and oxygen atoms in total. The second-order valence-corrected chi connectivity index (χ2v) is 7.54. The third-order valence-electron chi connectivity index (χ3n) is 5.52. The van der Waals surface area contributed by atoms with Crippen molar-refractivity contribution in [1.29, 1.82) is 0 Å². The largest absolute Gasteiger partial charge is 0.355 e. The van der Waals surface area contributed by atoms with Gasteiger partial charge < -0.3 is 4.98 Å². The second kappa shape index (κ2) is 9.08. The third kappa shape index (κ3) is 4.45. The van der Waals surface area contributed by atoms with Crippen LogP contribution in [0.5, 0.6) is 0 Å². The topological polar surface area (TPSA) is 15.8 Å². The van der Waals surface area contributed by atoms with E-state index in [1.54, 1.807) is 0 Å². The molecule has 0 amide bonds. The molecule has 0 atom stereocenters. The summed E-state index contributed by atoms with van der Waals surface area (Å²) in [5.74, 6) is 0. The summed E-state index contributed by atoms with van der Waals surface area (Å²) in [6.07, 6.45) is 15.1. The van der Waals surface area contributed by atoms with Crippen LogP contribution in [0.1, 0.15) is 76.7 Å². The molecule has 1 N–H and O–H groups in total. The highest BCUT2D eigenvalue weighted by molar-refractivity contribution is 6.10. The molecule has 0 aliphatic carbocycles. The number of nitrogens with one attached hydrogen (secondary N) is 1. The molecule has 0 aliphatic rings. The van der Waals surface area contributed by atoms with E-state index in [1.807, 2.05) is 0 Å². The Morgan fingerprint density at radius 3 is 2.16 bits per heavy atom. The van der Waals surface area contributed by atoms with Crippen molar-refractivity contribution in [1.82, 2.24) is 4.98 Å². The fourth-order valence-corrected chi connectivity index (χ4v) is 4.11. The molecule has 0 aliphatic heterocycles. The quantitative estimate of drug-likeness (QED) is 0.366. The smallest absolute Gasteiger partial charge is 0.0470 e. The maximum absolute atomic E-state index is 4.24. The summed E-state index contributed by atoms with van der Waals surface area (Å²) in [5.41, 5.74) is 2.69. The number of aryl methyl sites for hydroxylation is 1. The van der Waals surface area contributed by atoms with E-state index < -0.39 is 0 Å². The Kier molecular flexibility index (Phi) is 6.55. The third-order valence-corrected chi connectivity index (χ3v) is 5.52. The summed E-state index contributed by atoms with van der Waals surface area (Å²) in [6, 6.07) is 11.1. The fraction of sp³-hybridized carbons (Fsp3) is 0.500. The van der Waals surface area contributed by atoms with Gasteiger partial charge >= 0.3 is 0 Å². The van der Waals surface area contributed by atoms with Crippen molar-refractivity contribution in [2.45, 2.75) is 77.6 Å². The van der Waals surface area contributed by atoms with Gasteiger partial charge in [-0.1, -0.05) is 95.6 Å². The maximum atomic E-state index is 4.24. The maximum Gasteiger partial charge on any atom is 0.0470 e. The predicted molar refractivity (Wildman–Crippen MR) is 112 cm³/mol. The zero-order valence-corrected chi connectivity index (χ0v) is 15.9. The van der Waals surface area contributed by atoms with Crippen molar-refractivity contribution in [2.24, 2.45) is 0 Å². The van der Waals surface area contributed by atoms with Crippen LogP contribution in [-0.4, -0.2) is 4.98 Å². The van der Waals surface area contributed by atoms with Crippen LogP contribution in [-0.2, 0) is 6.42 Å². The highest BCUT2D eigenvalue weighted by Gasteiger charge is 2.09. The first-order valence-electron chi connectivity index (χ1n) is 10.3. The van der Waals surface area contributed by atoms with E-state index in [2.05, 4.69) is 48.8 Å². The summed E-state index contributed by atoms with van der Waals surface area (Å²) >= 11 is 0. The Morgan fingerprint density at radius 2 is 1.44 bits per heavy atom. The minimum atomic E-state index is 1.08. The van der Waals surface area contributed by atoms with Crippen molar-refractivity contribution < 1.29 is 0 Å². The van der Waals surface area contributed by atoms with Crippen molar-refractivity contribution in [2.75, 3.05) is 0 Å². The SMILES string of the molecule is C=c1[nH]c2cccc3ccc(CCCCCCCCCCCC)c1c32. The van der Waals surface area contributed by atoms with E-state index in [9.17, 15) is 0 Å². The Morgan fingerprint density at radius 1 is 0.760 bits per heavy atom. The Labute approximate surface area is 152 Å².